The van der Waals surface area contributed by atoms with E-state index in [0.717, 1.165) is 18.6 Å². The molecule has 0 aromatic heterocycles. The Morgan fingerprint density at radius 1 is 1.46 bits per heavy atom. The molecule has 0 fully saturated rings. The first-order valence-corrected chi connectivity index (χ1v) is 4.31. The summed E-state index contributed by atoms with van der Waals surface area (Å²) in [5.41, 5.74) is 0.394. The summed E-state index contributed by atoms with van der Waals surface area (Å²) in [6.45, 7) is 1.92. The number of benzene rings is 1. The molecule has 0 unspecified atom stereocenters. The van der Waals surface area contributed by atoms with E-state index in [1.54, 1.807) is 7.05 Å². The molecular formula is C10H17F2N. The van der Waals surface area contributed by atoms with Gasteiger partial charge in [0.1, 0.15) is 11.6 Å². The summed E-state index contributed by atoms with van der Waals surface area (Å²) >= 11 is 0. The monoisotopic (exact) mass is 189 g/mol. The average Bonchev–Trinajstić information content (AvgIpc) is 2.13. The van der Waals surface area contributed by atoms with Crippen molar-refractivity contribution in [3.05, 3.63) is 35.4 Å². The largest absolute Gasteiger partial charge is 0.313 e. The minimum absolute atomic E-state index is 0. The number of rotatable bonds is 3. The molecule has 1 nitrogen and oxygen atoms in total. The fraction of sp³-hybridized carbons (Fsp3) is 0.400. The van der Waals surface area contributed by atoms with Crippen LogP contribution in [0.5, 0.6) is 0 Å². The maximum atomic E-state index is 13.2. The van der Waals surface area contributed by atoms with Gasteiger partial charge in [-0.3, -0.25) is 0 Å². The van der Waals surface area contributed by atoms with Crippen molar-refractivity contribution in [2.45, 2.75) is 19.4 Å². The van der Waals surface area contributed by atoms with Gasteiger partial charge in [-0.1, -0.05) is 6.92 Å². The van der Waals surface area contributed by atoms with E-state index < -0.39 is 5.82 Å². The summed E-state index contributed by atoms with van der Waals surface area (Å²) in [5, 5.41) is 2.93. The summed E-state index contributed by atoms with van der Waals surface area (Å²) in [6.07, 6.45) is 0.733. The van der Waals surface area contributed by atoms with Crippen LogP contribution in [0.1, 0.15) is 27.8 Å². The third kappa shape index (κ3) is 2.25. The second-order valence-electron chi connectivity index (χ2n) is 2.92. The number of hydrogen-bond acceptors (Lipinski definition) is 1. The van der Waals surface area contributed by atoms with Gasteiger partial charge in [0, 0.05) is 14.5 Å². The minimum Gasteiger partial charge on any atom is -0.313 e. The first kappa shape index (κ1) is 10.1. The highest BCUT2D eigenvalue weighted by Crippen LogP contribution is 2.20. The van der Waals surface area contributed by atoms with Crippen molar-refractivity contribution in [3.63, 3.8) is 0 Å². The van der Waals surface area contributed by atoms with Gasteiger partial charge in [0.25, 0.3) is 0 Å². The highest BCUT2D eigenvalue weighted by Gasteiger charge is 2.12. The molecule has 76 valence electrons. The van der Waals surface area contributed by atoms with Crippen LogP contribution in [0, 0.1) is 11.6 Å². The van der Waals surface area contributed by atoms with Gasteiger partial charge in [0.15, 0.2) is 0 Å². The van der Waals surface area contributed by atoms with Gasteiger partial charge in [-0.25, -0.2) is 8.78 Å². The van der Waals surface area contributed by atoms with Gasteiger partial charge >= 0.3 is 0 Å². The van der Waals surface area contributed by atoms with Crippen LogP contribution in [0.4, 0.5) is 8.78 Å². The molecule has 0 spiro atoms. The number of halogens is 2. The molecule has 0 aliphatic carbocycles. The van der Waals surface area contributed by atoms with Crippen molar-refractivity contribution < 1.29 is 11.6 Å². The van der Waals surface area contributed by atoms with Gasteiger partial charge in [0.05, 0.1) is 0 Å². The molecule has 1 aromatic carbocycles. The predicted molar refractivity (Wildman–Crippen MR) is 52.7 cm³/mol. The molecule has 3 heteroatoms. The molecular weight excluding hydrogens is 172 g/mol. The van der Waals surface area contributed by atoms with Gasteiger partial charge < -0.3 is 5.32 Å². The van der Waals surface area contributed by atoms with E-state index in [1.807, 2.05) is 6.92 Å². The first-order chi connectivity index (χ1) is 6.19. The van der Waals surface area contributed by atoms with Crippen LogP contribution in [0.3, 0.4) is 0 Å². The van der Waals surface area contributed by atoms with Crippen LogP contribution in [0.15, 0.2) is 18.2 Å². The summed E-state index contributed by atoms with van der Waals surface area (Å²) in [4.78, 5) is 0. The van der Waals surface area contributed by atoms with E-state index >= 15 is 0 Å². The fourth-order valence-electron chi connectivity index (χ4n) is 1.36. The molecule has 0 saturated carbocycles. The summed E-state index contributed by atoms with van der Waals surface area (Å²) in [7, 11) is 1.73. The fourth-order valence-corrected chi connectivity index (χ4v) is 1.36. The molecule has 0 saturated heterocycles. The van der Waals surface area contributed by atoms with Crippen molar-refractivity contribution in [1.29, 1.82) is 0 Å². The molecule has 0 amide bonds. The topological polar surface area (TPSA) is 12.0 Å². The lowest BCUT2D eigenvalue weighted by Gasteiger charge is -2.14. The third-order valence-corrected chi connectivity index (χ3v) is 2.09. The molecule has 0 heterocycles. The zero-order valence-electron chi connectivity index (χ0n) is 7.77. The van der Waals surface area contributed by atoms with E-state index in [0.29, 0.717) is 5.56 Å². The molecule has 0 aliphatic rings. The Morgan fingerprint density at radius 3 is 2.69 bits per heavy atom. The quantitative estimate of drug-likeness (QED) is 0.770. The minimum atomic E-state index is -0.398. The lowest BCUT2D eigenvalue weighted by atomic mass is 10.0. The van der Waals surface area contributed by atoms with Crippen LogP contribution < -0.4 is 5.32 Å². The second-order valence-corrected chi connectivity index (χ2v) is 2.92. The highest BCUT2D eigenvalue weighted by molar-refractivity contribution is 5.22. The van der Waals surface area contributed by atoms with Crippen LogP contribution in [0.2, 0.25) is 0 Å². The molecule has 0 aliphatic heterocycles. The Hall–Kier alpha value is -0.960. The third-order valence-electron chi connectivity index (χ3n) is 2.09. The SMILES string of the molecule is CC[C@@H](NC)c1cc(F)ccc1F.[HH].[HH]. The van der Waals surface area contributed by atoms with E-state index in [9.17, 15) is 8.78 Å². The lowest BCUT2D eigenvalue weighted by Crippen LogP contribution is -2.16. The van der Waals surface area contributed by atoms with E-state index in [2.05, 4.69) is 5.32 Å². The molecule has 1 atom stereocenters. The van der Waals surface area contributed by atoms with Crippen LogP contribution >= 0.6 is 0 Å². The highest BCUT2D eigenvalue weighted by atomic mass is 19.1. The molecule has 1 aromatic rings. The van der Waals surface area contributed by atoms with E-state index in [1.165, 1.54) is 6.07 Å². The van der Waals surface area contributed by atoms with Crippen LogP contribution in [-0.2, 0) is 0 Å². The Kier molecular flexibility index (Phi) is 3.37. The van der Waals surface area contributed by atoms with Crippen LogP contribution in [-0.4, -0.2) is 7.05 Å². The van der Waals surface area contributed by atoms with E-state index in [-0.39, 0.29) is 14.7 Å². The van der Waals surface area contributed by atoms with Crippen LogP contribution in [0.25, 0.3) is 0 Å². The van der Waals surface area contributed by atoms with Crippen molar-refractivity contribution in [1.82, 2.24) is 5.32 Å². The Bertz CT molecular complexity index is 291. The molecule has 0 radical (unpaired) electrons. The van der Waals surface area contributed by atoms with Gasteiger partial charge in [0.2, 0.25) is 0 Å². The summed E-state index contributed by atoms with van der Waals surface area (Å²) in [6, 6.07) is 3.40. The number of hydrogen-bond donors (Lipinski definition) is 1. The first-order valence-electron chi connectivity index (χ1n) is 4.31. The summed E-state index contributed by atoms with van der Waals surface area (Å²) < 4.78 is 26.0. The normalized spacial score (nSPS) is 12.9. The molecule has 0 bridgehead atoms. The zero-order chi connectivity index (χ0) is 9.84. The Morgan fingerprint density at radius 2 is 2.15 bits per heavy atom. The van der Waals surface area contributed by atoms with E-state index in [4.69, 9.17) is 0 Å². The smallest absolute Gasteiger partial charge is 0.128 e. The standard InChI is InChI=1S/C10H13F2N.2H2/c1-3-10(13-2)8-6-7(11)4-5-9(8)12;;/h4-6,10,13H,3H2,1-2H3;2*1H/t10-;;/m1../s1. The Balaban J connectivity index is 0. The maximum Gasteiger partial charge on any atom is 0.128 e. The van der Waals surface area contributed by atoms with Gasteiger partial charge in [-0.05, 0) is 31.7 Å². The van der Waals surface area contributed by atoms with Crippen molar-refractivity contribution in [2.24, 2.45) is 0 Å². The number of nitrogens with one attached hydrogen (secondary N) is 1. The van der Waals surface area contributed by atoms with Crippen molar-refractivity contribution in [2.75, 3.05) is 7.05 Å². The zero-order valence-corrected chi connectivity index (χ0v) is 7.77. The summed E-state index contributed by atoms with van der Waals surface area (Å²) in [5.74, 6) is -0.757. The maximum absolute atomic E-state index is 13.2. The Labute approximate surface area is 79.7 Å². The van der Waals surface area contributed by atoms with Gasteiger partial charge in [-0.15, -0.1) is 0 Å². The van der Waals surface area contributed by atoms with Crippen molar-refractivity contribution >= 4 is 0 Å². The molecule has 1 N–H and O–H groups in total. The predicted octanol–water partition coefficient (Wildman–Crippen LogP) is 3.13. The van der Waals surface area contributed by atoms with Gasteiger partial charge in [-0.2, -0.15) is 0 Å². The lowest BCUT2D eigenvalue weighted by molar-refractivity contribution is 0.515. The molecule has 1 rings (SSSR count). The molecule has 13 heavy (non-hydrogen) atoms. The van der Waals surface area contributed by atoms with Crippen molar-refractivity contribution in [3.8, 4) is 0 Å². The average molecular weight is 189 g/mol. The second kappa shape index (κ2) is 4.33.